The van der Waals surface area contributed by atoms with Crippen LogP contribution in [0.4, 0.5) is 0 Å². The fraction of sp³-hybridized carbons (Fsp3) is 0.118. The standard InChI is InChI=1S/C17H13Cl2NO/c1-20-10-15(14-7-6-13(19)9-16(14)20)17(21)8-11-2-4-12(18)5-3-11/h2-7,9-10H,8H2,1H3. The molecule has 21 heavy (non-hydrogen) atoms. The molecule has 2 aromatic carbocycles. The molecule has 0 radical (unpaired) electrons. The Labute approximate surface area is 132 Å². The molecule has 0 bridgehead atoms. The van der Waals surface area contributed by atoms with Crippen LogP contribution in [0.25, 0.3) is 10.9 Å². The van der Waals surface area contributed by atoms with Gasteiger partial charge in [0.1, 0.15) is 0 Å². The molecular formula is C17H13Cl2NO. The highest BCUT2D eigenvalue weighted by atomic mass is 35.5. The van der Waals surface area contributed by atoms with E-state index in [2.05, 4.69) is 0 Å². The van der Waals surface area contributed by atoms with Gasteiger partial charge < -0.3 is 4.57 Å². The molecule has 0 spiro atoms. The SMILES string of the molecule is Cn1cc(C(=O)Cc2ccc(Cl)cc2)c2ccc(Cl)cc21. The van der Waals surface area contributed by atoms with E-state index in [4.69, 9.17) is 23.2 Å². The largest absolute Gasteiger partial charge is 0.350 e. The number of hydrogen-bond acceptors (Lipinski definition) is 1. The van der Waals surface area contributed by atoms with Gasteiger partial charge in [0.25, 0.3) is 0 Å². The molecule has 0 N–H and O–H groups in total. The quantitative estimate of drug-likeness (QED) is 0.629. The highest BCUT2D eigenvalue weighted by molar-refractivity contribution is 6.31. The van der Waals surface area contributed by atoms with E-state index in [0.717, 1.165) is 22.0 Å². The molecule has 0 atom stereocenters. The van der Waals surface area contributed by atoms with E-state index in [0.29, 0.717) is 16.5 Å². The van der Waals surface area contributed by atoms with Gasteiger partial charge in [-0.2, -0.15) is 0 Å². The number of halogens is 2. The second-order valence-electron chi connectivity index (χ2n) is 5.04. The highest BCUT2D eigenvalue weighted by Crippen LogP contribution is 2.25. The van der Waals surface area contributed by atoms with Crippen molar-refractivity contribution in [2.75, 3.05) is 0 Å². The molecule has 0 unspecified atom stereocenters. The van der Waals surface area contributed by atoms with Crippen LogP contribution in [0.1, 0.15) is 15.9 Å². The average Bonchev–Trinajstić information content (AvgIpc) is 2.78. The molecule has 2 nitrogen and oxygen atoms in total. The number of rotatable bonds is 3. The van der Waals surface area contributed by atoms with Crippen molar-refractivity contribution < 1.29 is 4.79 Å². The van der Waals surface area contributed by atoms with Crippen LogP contribution in [0.15, 0.2) is 48.7 Å². The molecule has 106 valence electrons. The third kappa shape index (κ3) is 2.82. The van der Waals surface area contributed by atoms with Gasteiger partial charge in [0.2, 0.25) is 0 Å². The Kier molecular flexibility index (Phi) is 3.75. The summed E-state index contributed by atoms with van der Waals surface area (Å²) in [5.41, 5.74) is 2.64. The van der Waals surface area contributed by atoms with Gasteiger partial charge in [-0.05, 0) is 29.8 Å². The van der Waals surface area contributed by atoms with Crippen LogP contribution in [0, 0.1) is 0 Å². The molecular weight excluding hydrogens is 305 g/mol. The minimum atomic E-state index is 0.0882. The maximum atomic E-state index is 12.5. The maximum Gasteiger partial charge on any atom is 0.169 e. The minimum Gasteiger partial charge on any atom is -0.350 e. The number of aryl methyl sites for hydroxylation is 1. The Hall–Kier alpha value is -1.77. The fourth-order valence-electron chi connectivity index (χ4n) is 2.46. The number of hydrogen-bond donors (Lipinski definition) is 0. The number of fused-ring (bicyclic) bond motifs is 1. The monoisotopic (exact) mass is 317 g/mol. The van der Waals surface area contributed by atoms with Crippen LogP contribution >= 0.6 is 23.2 Å². The van der Waals surface area contributed by atoms with E-state index in [1.165, 1.54) is 0 Å². The number of aromatic nitrogens is 1. The average molecular weight is 318 g/mol. The topological polar surface area (TPSA) is 22.0 Å². The molecule has 4 heteroatoms. The van der Waals surface area contributed by atoms with Crippen LogP contribution in [0.5, 0.6) is 0 Å². The molecule has 1 heterocycles. The summed E-state index contributed by atoms with van der Waals surface area (Å²) >= 11 is 11.9. The first-order chi connectivity index (χ1) is 10.0. The van der Waals surface area contributed by atoms with Gasteiger partial charge in [-0.1, -0.05) is 41.4 Å². The van der Waals surface area contributed by atoms with Crippen LogP contribution < -0.4 is 0 Å². The summed E-state index contributed by atoms with van der Waals surface area (Å²) < 4.78 is 1.93. The third-order valence-corrected chi connectivity index (χ3v) is 4.02. The van der Waals surface area contributed by atoms with E-state index in [-0.39, 0.29) is 5.78 Å². The number of nitrogens with zero attached hydrogens (tertiary/aromatic N) is 1. The van der Waals surface area contributed by atoms with E-state index < -0.39 is 0 Å². The normalized spacial score (nSPS) is 11.0. The van der Waals surface area contributed by atoms with Gasteiger partial charge in [0.05, 0.1) is 0 Å². The Balaban J connectivity index is 1.96. The summed E-state index contributed by atoms with van der Waals surface area (Å²) in [4.78, 5) is 12.5. The van der Waals surface area contributed by atoms with Crippen molar-refractivity contribution in [3.8, 4) is 0 Å². The second-order valence-corrected chi connectivity index (χ2v) is 5.91. The van der Waals surface area contributed by atoms with Gasteiger partial charge in [0, 0.05) is 46.2 Å². The summed E-state index contributed by atoms with van der Waals surface area (Å²) in [5, 5.41) is 2.27. The van der Waals surface area contributed by atoms with E-state index >= 15 is 0 Å². The molecule has 3 aromatic rings. The zero-order valence-electron chi connectivity index (χ0n) is 11.4. The molecule has 0 aliphatic rings. The van der Waals surface area contributed by atoms with Gasteiger partial charge in [-0.3, -0.25) is 4.79 Å². The van der Waals surface area contributed by atoms with Crippen molar-refractivity contribution in [2.45, 2.75) is 6.42 Å². The van der Waals surface area contributed by atoms with Gasteiger partial charge in [-0.25, -0.2) is 0 Å². The Morgan fingerprint density at radius 1 is 1.05 bits per heavy atom. The van der Waals surface area contributed by atoms with Crippen molar-refractivity contribution in [1.29, 1.82) is 0 Å². The first-order valence-electron chi connectivity index (χ1n) is 6.57. The summed E-state index contributed by atoms with van der Waals surface area (Å²) in [5.74, 6) is 0.0882. The third-order valence-electron chi connectivity index (χ3n) is 3.53. The molecule has 0 amide bonds. The van der Waals surface area contributed by atoms with E-state index in [1.807, 2.05) is 48.1 Å². The van der Waals surface area contributed by atoms with Crippen LogP contribution in [-0.2, 0) is 13.5 Å². The van der Waals surface area contributed by atoms with E-state index in [1.54, 1.807) is 12.1 Å². The molecule has 0 fully saturated rings. The van der Waals surface area contributed by atoms with Gasteiger partial charge >= 0.3 is 0 Å². The predicted molar refractivity (Wildman–Crippen MR) is 87.4 cm³/mol. The van der Waals surface area contributed by atoms with Crippen molar-refractivity contribution in [1.82, 2.24) is 4.57 Å². The Morgan fingerprint density at radius 2 is 1.71 bits per heavy atom. The fourth-order valence-corrected chi connectivity index (χ4v) is 2.75. The zero-order chi connectivity index (χ0) is 15.0. The summed E-state index contributed by atoms with van der Waals surface area (Å²) in [6, 6.07) is 12.9. The number of Topliss-reactive ketones (excluding diaryl/α,β-unsaturated/α-hetero) is 1. The van der Waals surface area contributed by atoms with E-state index in [9.17, 15) is 4.79 Å². The molecule has 0 saturated carbocycles. The van der Waals surface area contributed by atoms with Crippen LogP contribution in [-0.4, -0.2) is 10.4 Å². The van der Waals surface area contributed by atoms with Crippen molar-refractivity contribution in [3.05, 3.63) is 69.8 Å². The van der Waals surface area contributed by atoms with Crippen molar-refractivity contribution in [2.24, 2.45) is 7.05 Å². The number of carbonyl (C=O) groups excluding carboxylic acids is 1. The first-order valence-corrected chi connectivity index (χ1v) is 7.32. The zero-order valence-corrected chi connectivity index (χ0v) is 12.9. The highest BCUT2D eigenvalue weighted by Gasteiger charge is 2.14. The van der Waals surface area contributed by atoms with Crippen LogP contribution in [0.3, 0.4) is 0 Å². The van der Waals surface area contributed by atoms with Gasteiger partial charge in [0.15, 0.2) is 5.78 Å². The summed E-state index contributed by atoms with van der Waals surface area (Å²) in [7, 11) is 1.91. The smallest absolute Gasteiger partial charge is 0.169 e. The summed E-state index contributed by atoms with van der Waals surface area (Å²) in [6.45, 7) is 0. The van der Waals surface area contributed by atoms with Gasteiger partial charge in [-0.15, -0.1) is 0 Å². The Morgan fingerprint density at radius 3 is 2.43 bits per heavy atom. The summed E-state index contributed by atoms with van der Waals surface area (Å²) in [6.07, 6.45) is 2.22. The number of benzene rings is 2. The first kappa shape index (κ1) is 14.2. The number of ketones is 1. The lowest BCUT2D eigenvalue weighted by atomic mass is 10.0. The lowest BCUT2D eigenvalue weighted by Gasteiger charge is -2.01. The second kappa shape index (κ2) is 5.55. The molecule has 0 aliphatic carbocycles. The molecule has 1 aromatic heterocycles. The lowest BCUT2D eigenvalue weighted by molar-refractivity contribution is 0.0994. The molecule has 3 rings (SSSR count). The lowest BCUT2D eigenvalue weighted by Crippen LogP contribution is -2.02. The molecule has 0 saturated heterocycles. The maximum absolute atomic E-state index is 12.5. The van der Waals surface area contributed by atoms with Crippen molar-refractivity contribution >= 4 is 39.9 Å². The molecule has 0 aliphatic heterocycles. The Bertz CT molecular complexity index is 819. The van der Waals surface area contributed by atoms with Crippen LogP contribution in [0.2, 0.25) is 10.0 Å². The van der Waals surface area contributed by atoms with Crippen molar-refractivity contribution in [3.63, 3.8) is 0 Å². The number of carbonyl (C=O) groups is 1. The minimum absolute atomic E-state index is 0.0882. The predicted octanol–water partition coefficient (Wildman–Crippen LogP) is 4.91.